The third-order valence-corrected chi connectivity index (χ3v) is 1.53. The molecule has 0 amide bonds. The molecule has 0 spiro atoms. The predicted octanol–water partition coefficient (Wildman–Crippen LogP) is 0.920. The second-order valence-corrected chi connectivity index (χ2v) is 2.17. The summed E-state index contributed by atoms with van der Waals surface area (Å²) in [5.41, 5.74) is 2.07. The first kappa shape index (κ1) is 5.41. The van der Waals surface area contributed by atoms with E-state index in [2.05, 4.69) is 10.1 Å². The minimum Gasteiger partial charge on any atom is -0.266 e. The summed E-state index contributed by atoms with van der Waals surface area (Å²) in [7, 11) is 1.91. The molecule has 0 aromatic carbocycles. The second kappa shape index (κ2) is 1.80. The van der Waals surface area contributed by atoms with Crippen LogP contribution in [0.5, 0.6) is 0 Å². The topological polar surface area (TPSA) is 30.7 Å². The van der Waals surface area contributed by atoms with Crippen LogP contribution in [-0.2, 0) is 7.05 Å². The Morgan fingerprint density at radius 3 is 3.00 bits per heavy atom. The summed E-state index contributed by atoms with van der Waals surface area (Å²) in [6.45, 7) is 0. The van der Waals surface area contributed by atoms with E-state index in [0.29, 0.717) is 0 Å². The standard InChI is InChI=1S/C7H7N3/c1-10-7-3-4-8-6(7)2-5-9-10/h2-5H,1H3. The largest absolute Gasteiger partial charge is 0.266 e. The molecule has 0 saturated heterocycles. The number of aryl methyl sites for hydroxylation is 1. The summed E-state index contributed by atoms with van der Waals surface area (Å²) in [6, 6.07) is 3.84. The molecular formula is C7H7N3. The van der Waals surface area contributed by atoms with Gasteiger partial charge in [-0.25, -0.2) is 0 Å². The van der Waals surface area contributed by atoms with Gasteiger partial charge in [0.15, 0.2) is 0 Å². The highest BCUT2D eigenvalue weighted by atomic mass is 15.2. The maximum atomic E-state index is 4.12. The molecular weight excluding hydrogens is 126 g/mol. The SMILES string of the molecule is Cn1nccc2nccc1-2. The average molecular weight is 133 g/mol. The van der Waals surface area contributed by atoms with Crippen molar-refractivity contribution in [1.29, 1.82) is 0 Å². The van der Waals surface area contributed by atoms with Gasteiger partial charge in [0.2, 0.25) is 0 Å². The summed E-state index contributed by atoms with van der Waals surface area (Å²) in [5.74, 6) is 0. The monoisotopic (exact) mass is 133 g/mol. The van der Waals surface area contributed by atoms with E-state index < -0.39 is 0 Å². The van der Waals surface area contributed by atoms with Gasteiger partial charge in [-0.05, 0) is 12.1 Å². The maximum Gasteiger partial charge on any atom is 0.0898 e. The first-order valence-corrected chi connectivity index (χ1v) is 3.10. The zero-order valence-corrected chi connectivity index (χ0v) is 5.65. The molecule has 0 unspecified atom stereocenters. The molecule has 0 bridgehead atoms. The summed E-state index contributed by atoms with van der Waals surface area (Å²) < 4.78 is 1.81. The Balaban J connectivity index is 2.80. The Hall–Kier alpha value is -1.38. The summed E-state index contributed by atoms with van der Waals surface area (Å²) in [6.07, 6.45) is 3.53. The Bertz CT molecular complexity index is 313. The number of aromatic nitrogens is 3. The van der Waals surface area contributed by atoms with Crippen LogP contribution in [0, 0.1) is 0 Å². The molecule has 50 valence electrons. The third-order valence-electron chi connectivity index (χ3n) is 1.53. The summed E-state index contributed by atoms with van der Waals surface area (Å²) >= 11 is 0. The highest BCUT2D eigenvalue weighted by Crippen LogP contribution is 2.15. The smallest absolute Gasteiger partial charge is 0.0898 e. The fourth-order valence-electron chi connectivity index (χ4n) is 1.01. The van der Waals surface area contributed by atoms with Gasteiger partial charge in [-0.2, -0.15) is 5.10 Å². The molecule has 2 aliphatic rings. The lowest BCUT2D eigenvalue weighted by Gasteiger charge is -2.01. The second-order valence-electron chi connectivity index (χ2n) is 2.17. The highest BCUT2D eigenvalue weighted by Gasteiger charge is 2.03. The van der Waals surface area contributed by atoms with Crippen LogP contribution in [0.3, 0.4) is 0 Å². The fourth-order valence-corrected chi connectivity index (χ4v) is 1.01. The van der Waals surface area contributed by atoms with Crippen molar-refractivity contribution in [2.45, 2.75) is 0 Å². The molecule has 0 atom stereocenters. The van der Waals surface area contributed by atoms with Crippen molar-refractivity contribution in [2.75, 3.05) is 0 Å². The van der Waals surface area contributed by atoms with E-state index in [1.807, 2.05) is 23.9 Å². The van der Waals surface area contributed by atoms with Crippen molar-refractivity contribution < 1.29 is 0 Å². The molecule has 2 heterocycles. The Morgan fingerprint density at radius 1 is 1.30 bits per heavy atom. The van der Waals surface area contributed by atoms with E-state index in [0.717, 1.165) is 11.4 Å². The van der Waals surface area contributed by atoms with Gasteiger partial charge in [-0.15, -0.1) is 0 Å². The van der Waals surface area contributed by atoms with Gasteiger partial charge in [0.1, 0.15) is 0 Å². The first-order chi connectivity index (χ1) is 4.88. The summed E-state index contributed by atoms with van der Waals surface area (Å²) in [4.78, 5) is 4.12. The minimum absolute atomic E-state index is 0.998. The third kappa shape index (κ3) is 0.603. The number of nitrogens with zero attached hydrogens (tertiary/aromatic N) is 3. The first-order valence-electron chi connectivity index (χ1n) is 3.10. The van der Waals surface area contributed by atoms with Crippen LogP contribution in [0.25, 0.3) is 11.4 Å². The summed E-state index contributed by atoms with van der Waals surface area (Å²) in [5, 5.41) is 4.06. The molecule has 0 aromatic rings. The molecule has 10 heavy (non-hydrogen) atoms. The zero-order valence-electron chi connectivity index (χ0n) is 5.65. The molecule has 0 N–H and O–H groups in total. The molecule has 0 saturated carbocycles. The minimum atomic E-state index is 0.998. The van der Waals surface area contributed by atoms with E-state index in [9.17, 15) is 0 Å². The van der Waals surface area contributed by atoms with Crippen LogP contribution in [0.2, 0.25) is 0 Å². The van der Waals surface area contributed by atoms with Gasteiger partial charge >= 0.3 is 0 Å². The van der Waals surface area contributed by atoms with E-state index in [1.165, 1.54) is 0 Å². The van der Waals surface area contributed by atoms with Crippen molar-refractivity contribution in [3.05, 3.63) is 24.5 Å². The van der Waals surface area contributed by atoms with Gasteiger partial charge in [0, 0.05) is 19.4 Å². The lowest BCUT2D eigenvalue weighted by Crippen LogP contribution is -1.99. The van der Waals surface area contributed by atoms with Crippen LogP contribution in [0.4, 0.5) is 0 Å². The van der Waals surface area contributed by atoms with Crippen molar-refractivity contribution in [3.63, 3.8) is 0 Å². The number of hydrogen-bond donors (Lipinski definition) is 0. The number of hydrogen-bond acceptors (Lipinski definition) is 2. The van der Waals surface area contributed by atoms with Crippen LogP contribution in [-0.4, -0.2) is 14.8 Å². The lowest BCUT2D eigenvalue weighted by atomic mass is 10.3. The van der Waals surface area contributed by atoms with Crippen LogP contribution in [0.1, 0.15) is 0 Å². The van der Waals surface area contributed by atoms with Crippen molar-refractivity contribution >= 4 is 0 Å². The molecule has 2 rings (SSSR count). The molecule has 0 aromatic heterocycles. The predicted molar refractivity (Wildman–Crippen MR) is 37.6 cm³/mol. The van der Waals surface area contributed by atoms with Gasteiger partial charge < -0.3 is 0 Å². The Morgan fingerprint density at radius 2 is 2.20 bits per heavy atom. The highest BCUT2D eigenvalue weighted by molar-refractivity contribution is 5.54. The molecule has 0 fully saturated rings. The van der Waals surface area contributed by atoms with Gasteiger partial charge in [-0.1, -0.05) is 0 Å². The maximum absolute atomic E-state index is 4.12. The molecule has 0 radical (unpaired) electrons. The van der Waals surface area contributed by atoms with Crippen molar-refractivity contribution in [3.8, 4) is 11.4 Å². The van der Waals surface area contributed by atoms with E-state index >= 15 is 0 Å². The van der Waals surface area contributed by atoms with Crippen LogP contribution >= 0.6 is 0 Å². The fraction of sp³-hybridized carbons (Fsp3) is 0.143. The Labute approximate surface area is 58.7 Å². The normalized spacial score (nSPS) is 10.5. The number of rotatable bonds is 0. The van der Waals surface area contributed by atoms with E-state index in [1.54, 1.807) is 12.4 Å². The molecule has 0 aliphatic carbocycles. The molecule has 2 aliphatic heterocycles. The molecule has 3 nitrogen and oxygen atoms in total. The zero-order chi connectivity index (χ0) is 6.97. The van der Waals surface area contributed by atoms with Gasteiger partial charge in [-0.3, -0.25) is 9.67 Å². The van der Waals surface area contributed by atoms with Crippen molar-refractivity contribution in [1.82, 2.24) is 14.8 Å². The van der Waals surface area contributed by atoms with Gasteiger partial charge in [0.05, 0.1) is 11.4 Å². The lowest BCUT2D eigenvalue weighted by molar-refractivity contribution is 0.747. The van der Waals surface area contributed by atoms with Crippen molar-refractivity contribution in [2.24, 2.45) is 7.05 Å². The van der Waals surface area contributed by atoms with Crippen LogP contribution in [0.15, 0.2) is 24.5 Å². The number of fused-ring (bicyclic) bond motifs is 1. The molecule has 3 heteroatoms. The average Bonchev–Trinajstić information content (AvgIpc) is 2.36. The van der Waals surface area contributed by atoms with Crippen LogP contribution < -0.4 is 0 Å². The Kier molecular flexibility index (Phi) is 0.974. The quantitative estimate of drug-likeness (QED) is 0.535. The van der Waals surface area contributed by atoms with Gasteiger partial charge in [0.25, 0.3) is 0 Å². The van der Waals surface area contributed by atoms with E-state index in [4.69, 9.17) is 0 Å². The van der Waals surface area contributed by atoms with E-state index in [-0.39, 0.29) is 0 Å².